The Bertz CT molecular complexity index is 321. The molecule has 0 saturated heterocycles. The maximum absolute atomic E-state index is 12.7. The second-order valence-corrected chi connectivity index (χ2v) is 4.95. The van der Waals surface area contributed by atoms with Gasteiger partial charge in [0.25, 0.3) is 0 Å². The Morgan fingerprint density at radius 1 is 1.18 bits per heavy atom. The highest BCUT2D eigenvalue weighted by molar-refractivity contribution is 5.16. The number of halogens is 1. The van der Waals surface area contributed by atoms with E-state index in [1.165, 1.54) is 17.7 Å². The molecule has 96 valence electrons. The largest absolute Gasteiger partial charge is 0.312 e. The summed E-state index contributed by atoms with van der Waals surface area (Å²) in [7, 11) is 4.16. The SMILES string of the molecule is CC(Cc1ccc(F)cc1)NCC(C)N(C)C. The van der Waals surface area contributed by atoms with Crippen LogP contribution in [-0.4, -0.2) is 37.6 Å². The number of hydrogen-bond acceptors (Lipinski definition) is 2. The van der Waals surface area contributed by atoms with Crippen molar-refractivity contribution in [1.29, 1.82) is 0 Å². The standard InChI is InChI=1S/C14H23FN2/c1-11(16-10-12(2)17(3)4)9-13-5-7-14(15)8-6-13/h5-8,11-12,16H,9-10H2,1-4H3. The Hall–Kier alpha value is -0.930. The Morgan fingerprint density at radius 2 is 1.76 bits per heavy atom. The molecule has 0 saturated carbocycles. The monoisotopic (exact) mass is 238 g/mol. The normalized spacial score (nSPS) is 14.9. The lowest BCUT2D eigenvalue weighted by molar-refractivity contribution is 0.295. The number of benzene rings is 1. The summed E-state index contributed by atoms with van der Waals surface area (Å²) >= 11 is 0. The van der Waals surface area contributed by atoms with Crippen molar-refractivity contribution in [3.8, 4) is 0 Å². The average Bonchev–Trinajstić information content (AvgIpc) is 2.29. The van der Waals surface area contributed by atoms with Gasteiger partial charge in [-0.2, -0.15) is 0 Å². The van der Waals surface area contributed by atoms with E-state index in [0.29, 0.717) is 12.1 Å². The molecule has 0 radical (unpaired) electrons. The van der Waals surface area contributed by atoms with Crippen molar-refractivity contribution in [2.45, 2.75) is 32.4 Å². The van der Waals surface area contributed by atoms with Crippen molar-refractivity contribution in [2.75, 3.05) is 20.6 Å². The van der Waals surface area contributed by atoms with Crippen LogP contribution in [0.25, 0.3) is 0 Å². The van der Waals surface area contributed by atoms with E-state index in [4.69, 9.17) is 0 Å². The number of rotatable bonds is 6. The van der Waals surface area contributed by atoms with E-state index in [9.17, 15) is 4.39 Å². The highest BCUT2D eigenvalue weighted by Gasteiger charge is 2.07. The van der Waals surface area contributed by atoms with Crippen LogP contribution >= 0.6 is 0 Å². The molecule has 1 rings (SSSR count). The van der Waals surface area contributed by atoms with Gasteiger partial charge in [0.1, 0.15) is 5.82 Å². The van der Waals surface area contributed by atoms with Crippen LogP contribution in [0.15, 0.2) is 24.3 Å². The third kappa shape index (κ3) is 5.29. The Balaban J connectivity index is 2.34. The lowest BCUT2D eigenvalue weighted by Gasteiger charge is -2.22. The molecule has 3 heteroatoms. The van der Waals surface area contributed by atoms with Gasteiger partial charge in [-0.1, -0.05) is 12.1 Å². The fourth-order valence-corrected chi connectivity index (χ4v) is 1.60. The van der Waals surface area contributed by atoms with Crippen LogP contribution in [0.4, 0.5) is 4.39 Å². The molecule has 2 atom stereocenters. The van der Waals surface area contributed by atoms with Crippen molar-refractivity contribution in [3.63, 3.8) is 0 Å². The van der Waals surface area contributed by atoms with Gasteiger partial charge in [-0.15, -0.1) is 0 Å². The minimum absolute atomic E-state index is 0.171. The zero-order chi connectivity index (χ0) is 12.8. The number of nitrogens with zero attached hydrogens (tertiary/aromatic N) is 1. The predicted octanol–water partition coefficient (Wildman–Crippen LogP) is 2.30. The highest BCUT2D eigenvalue weighted by atomic mass is 19.1. The van der Waals surface area contributed by atoms with E-state index in [2.05, 4.69) is 38.2 Å². The number of likely N-dealkylation sites (N-methyl/N-ethyl adjacent to an activating group) is 1. The first kappa shape index (κ1) is 14.1. The summed E-state index contributed by atoms with van der Waals surface area (Å²) in [6.45, 7) is 5.32. The summed E-state index contributed by atoms with van der Waals surface area (Å²) < 4.78 is 12.7. The molecule has 1 aromatic carbocycles. The molecule has 0 fully saturated rings. The molecule has 0 aliphatic rings. The first-order valence-electron chi connectivity index (χ1n) is 6.13. The van der Waals surface area contributed by atoms with Gasteiger partial charge in [0, 0.05) is 18.6 Å². The summed E-state index contributed by atoms with van der Waals surface area (Å²) in [5.41, 5.74) is 1.17. The van der Waals surface area contributed by atoms with E-state index < -0.39 is 0 Å². The molecular weight excluding hydrogens is 215 g/mol. The Labute approximate surface area is 104 Å². The number of hydrogen-bond donors (Lipinski definition) is 1. The van der Waals surface area contributed by atoms with Crippen molar-refractivity contribution in [2.24, 2.45) is 0 Å². The minimum Gasteiger partial charge on any atom is -0.312 e. The van der Waals surface area contributed by atoms with E-state index in [-0.39, 0.29) is 5.82 Å². The summed E-state index contributed by atoms with van der Waals surface area (Å²) in [5, 5.41) is 3.49. The minimum atomic E-state index is -0.171. The Kier molecular flexibility index (Phi) is 5.59. The molecule has 0 aliphatic carbocycles. The molecule has 0 spiro atoms. The molecule has 2 unspecified atom stereocenters. The zero-order valence-corrected chi connectivity index (χ0v) is 11.2. The molecule has 1 N–H and O–H groups in total. The fraction of sp³-hybridized carbons (Fsp3) is 0.571. The van der Waals surface area contributed by atoms with Crippen LogP contribution in [0.3, 0.4) is 0 Å². The first-order chi connectivity index (χ1) is 7.99. The molecule has 0 heterocycles. The fourth-order valence-electron chi connectivity index (χ4n) is 1.60. The van der Waals surface area contributed by atoms with Crippen molar-refractivity contribution in [3.05, 3.63) is 35.6 Å². The maximum Gasteiger partial charge on any atom is 0.123 e. The van der Waals surface area contributed by atoms with Gasteiger partial charge in [-0.3, -0.25) is 0 Å². The van der Waals surface area contributed by atoms with Crippen LogP contribution in [0.1, 0.15) is 19.4 Å². The van der Waals surface area contributed by atoms with E-state index in [1.54, 1.807) is 0 Å². The molecule has 0 aliphatic heterocycles. The summed E-state index contributed by atoms with van der Waals surface area (Å²) in [5.74, 6) is -0.171. The lowest BCUT2D eigenvalue weighted by atomic mass is 10.1. The molecule has 0 amide bonds. The molecule has 1 aromatic rings. The summed E-state index contributed by atoms with van der Waals surface area (Å²) in [6.07, 6.45) is 0.931. The quantitative estimate of drug-likeness (QED) is 0.818. The predicted molar refractivity (Wildman–Crippen MR) is 70.7 cm³/mol. The van der Waals surface area contributed by atoms with Crippen LogP contribution in [-0.2, 0) is 6.42 Å². The third-order valence-corrected chi connectivity index (χ3v) is 3.10. The van der Waals surface area contributed by atoms with Gasteiger partial charge >= 0.3 is 0 Å². The van der Waals surface area contributed by atoms with Crippen LogP contribution in [0.2, 0.25) is 0 Å². The second-order valence-electron chi connectivity index (χ2n) is 4.95. The van der Waals surface area contributed by atoms with E-state index >= 15 is 0 Å². The summed E-state index contributed by atoms with van der Waals surface area (Å²) in [4.78, 5) is 2.19. The average molecular weight is 238 g/mol. The van der Waals surface area contributed by atoms with Gasteiger partial charge in [0.15, 0.2) is 0 Å². The molecule has 17 heavy (non-hydrogen) atoms. The zero-order valence-electron chi connectivity index (χ0n) is 11.2. The van der Waals surface area contributed by atoms with Crippen molar-refractivity contribution in [1.82, 2.24) is 10.2 Å². The van der Waals surface area contributed by atoms with Gasteiger partial charge < -0.3 is 10.2 Å². The highest BCUT2D eigenvalue weighted by Crippen LogP contribution is 2.05. The number of nitrogens with one attached hydrogen (secondary N) is 1. The van der Waals surface area contributed by atoms with Gasteiger partial charge in [-0.25, -0.2) is 4.39 Å². The van der Waals surface area contributed by atoms with Crippen LogP contribution in [0.5, 0.6) is 0 Å². The lowest BCUT2D eigenvalue weighted by Crippen LogP contribution is -2.40. The van der Waals surface area contributed by atoms with Crippen LogP contribution < -0.4 is 5.32 Å². The van der Waals surface area contributed by atoms with Gasteiger partial charge in [0.2, 0.25) is 0 Å². The van der Waals surface area contributed by atoms with E-state index in [1.807, 2.05) is 12.1 Å². The van der Waals surface area contributed by atoms with Crippen molar-refractivity contribution < 1.29 is 4.39 Å². The van der Waals surface area contributed by atoms with Crippen molar-refractivity contribution >= 4 is 0 Å². The summed E-state index contributed by atoms with van der Waals surface area (Å²) in [6, 6.07) is 7.66. The third-order valence-electron chi connectivity index (χ3n) is 3.10. The molecular formula is C14H23FN2. The van der Waals surface area contributed by atoms with Gasteiger partial charge in [-0.05, 0) is 52.1 Å². The Morgan fingerprint density at radius 3 is 2.29 bits per heavy atom. The molecule has 2 nitrogen and oxygen atoms in total. The second kappa shape index (κ2) is 6.72. The maximum atomic E-state index is 12.7. The van der Waals surface area contributed by atoms with Crippen LogP contribution in [0, 0.1) is 5.82 Å². The van der Waals surface area contributed by atoms with Gasteiger partial charge in [0.05, 0.1) is 0 Å². The molecule has 0 aromatic heterocycles. The smallest absolute Gasteiger partial charge is 0.123 e. The van der Waals surface area contributed by atoms with E-state index in [0.717, 1.165) is 13.0 Å². The first-order valence-corrected chi connectivity index (χ1v) is 6.13. The topological polar surface area (TPSA) is 15.3 Å². The molecule has 0 bridgehead atoms.